The van der Waals surface area contributed by atoms with E-state index in [1.54, 1.807) is 6.07 Å². The molecule has 0 saturated carbocycles. The van der Waals surface area contributed by atoms with Gasteiger partial charge >= 0.3 is 16.9 Å². The van der Waals surface area contributed by atoms with Crippen molar-refractivity contribution < 1.29 is 32.2 Å². The summed E-state index contributed by atoms with van der Waals surface area (Å²) >= 11 is 1.17. The first-order valence-electron chi connectivity index (χ1n) is 12.8. The van der Waals surface area contributed by atoms with Crippen LogP contribution in [0.15, 0.2) is 105 Å². The second kappa shape index (κ2) is 13.3. The van der Waals surface area contributed by atoms with Crippen molar-refractivity contribution in [3.63, 3.8) is 0 Å². The normalized spacial score (nSPS) is 11.3. The van der Waals surface area contributed by atoms with E-state index in [0.717, 1.165) is 16.6 Å². The number of nitrogens with one attached hydrogen (secondary N) is 1. The molecule has 42 heavy (non-hydrogen) atoms. The number of hydrogen-bond acceptors (Lipinski definition) is 12. The maximum Gasteiger partial charge on any atom is 0.414 e. The van der Waals surface area contributed by atoms with Gasteiger partial charge in [-0.3, -0.25) is 9.42 Å². The minimum absolute atomic E-state index is 0.0166. The number of anilines is 2. The lowest BCUT2D eigenvalue weighted by Gasteiger charge is -2.10. The van der Waals surface area contributed by atoms with Crippen LogP contribution in [0.5, 0.6) is 5.88 Å². The number of hydrogen-bond donors (Lipinski definition) is 1. The highest BCUT2D eigenvalue weighted by Gasteiger charge is 2.35. The van der Waals surface area contributed by atoms with E-state index in [9.17, 15) is 18.4 Å². The van der Waals surface area contributed by atoms with Gasteiger partial charge in [-0.15, -0.1) is 0 Å². The molecule has 216 valence electrons. The molecule has 0 atom stereocenters. The van der Waals surface area contributed by atoms with Gasteiger partial charge in [-0.05, 0) is 54.1 Å². The Morgan fingerprint density at radius 2 is 1.62 bits per heavy atom. The van der Waals surface area contributed by atoms with Gasteiger partial charge in [0.1, 0.15) is 5.82 Å². The van der Waals surface area contributed by atoms with Crippen LogP contribution in [0.4, 0.5) is 11.5 Å². The van der Waals surface area contributed by atoms with Crippen LogP contribution in [0.2, 0.25) is 0 Å². The summed E-state index contributed by atoms with van der Waals surface area (Å²) in [6, 6.07) is 24.7. The van der Waals surface area contributed by atoms with Crippen LogP contribution in [-0.2, 0) is 19.4 Å². The third kappa shape index (κ3) is 6.95. The van der Waals surface area contributed by atoms with Gasteiger partial charge in [-0.1, -0.05) is 60.3 Å². The molecule has 0 saturated heterocycles. The average molecular weight is 608 g/mol. The lowest BCUT2D eigenvalue weighted by atomic mass is 10.2. The molecule has 14 heteroatoms. The minimum Gasteiger partial charge on any atom is -0.465 e. The molecule has 1 N–H and O–H groups in total. The molecule has 0 amide bonds. The monoisotopic (exact) mass is 607 g/mol. The Kier molecular flexibility index (Phi) is 9.14. The number of nitrogens with zero attached hydrogens (tertiary/aromatic N) is 4. The van der Waals surface area contributed by atoms with Crippen LogP contribution in [0, 0.1) is 5.21 Å². The second-order valence-corrected chi connectivity index (χ2v) is 11.6. The fourth-order valence-electron chi connectivity index (χ4n) is 3.84. The van der Waals surface area contributed by atoms with Crippen molar-refractivity contribution in [3.05, 3.63) is 90.1 Å². The van der Waals surface area contributed by atoms with Gasteiger partial charge in [0, 0.05) is 11.1 Å². The summed E-state index contributed by atoms with van der Waals surface area (Å²) < 4.78 is 40.8. The first kappa shape index (κ1) is 28.8. The van der Waals surface area contributed by atoms with E-state index in [4.69, 9.17) is 9.47 Å². The van der Waals surface area contributed by atoms with E-state index < -0.39 is 26.7 Å². The smallest absolute Gasteiger partial charge is 0.414 e. The fraction of sp³-hybridized carbons (Fsp3) is 0.179. The van der Waals surface area contributed by atoms with E-state index in [0.29, 0.717) is 23.8 Å². The molecule has 3 aromatic carbocycles. The van der Waals surface area contributed by atoms with Crippen LogP contribution >= 0.6 is 11.8 Å². The van der Waals surface area contributed by atoms with Crippen molar-refractivity contribution in [3.8, 4) is 5.88 Å². The third-order valence-corrected chi connectivity index (χ3v) is 8.38. The predicted octanol–water partition coefficient (Wildman–Crippen LogP) is 4.32. The topological polar surface area (TPSA) is 160 Å². The Balaban J connectivity index is 1.09. The van der Waals surface area contributed by atoms with E-state index in [1.165, 1.54) is 36.0 Å². The Bertz CT molecular complexity index is 1770. The Labute approximate surface area is 245 Å². The molecule has 5 rings (SSSR count). The molecule has 0 aliphatic carbocycles. The molecule has 5 aromatic rings. The molecule has 2 heterocycles. The highest BCUT2D eigenvalue weighted by molar-refractivity contribution is 7.99. The number of unbranched alkanes of at least 4 members (excludes halogenated alkanes) is 1. The number of carbonyl (C=O) groups is 1. The molecule has 0 radical (unpaired) electrons. The summed E-state index contributed by atoms with van der Waals surface area (Å²) in [4.78, 5) is 21.2. The summed E-state index contributed by atoms with van der Waals surface area (Å²) in [5.74, 6) is -0.214. The van der Waals surface area contributed by atoms with E-state index in [-0.39, 0.29) is 28.8 Å². The highest BCUT2D eigenvalue weighted by Crippen LogP contribution is 2.27. The number of carbonyl (C=O) groups excluding carboxylic acids is 1. The number of sulfone groups is 1. The number of fused-ring (bicyclic) bond motifs is 1. The van der Waals surface area contributed by atoms with E-state index >= 15 is 0 Å². The molecule has 12 nitrogen and oxygen atoms in total. The van der Waals surface area contributed by atoms with Gasteiger partial charge < -0.3 is 20.0 Å². The van der Waals surface area contributed by atoms with Crippen molar-refractivity contribution in [2.24, 2.45) is 0 Å². The molecule has 0 fully saturated rings. The van der Waals surface area contributed by atoms with Crippen molar-refractivity contribution in [2.45, 2.75) is 27.9 Å². The summed E-state index contributed by atoms with van der Waals surface area (Å²) in [5, 5.41) is 19.3. The lowest BCUT2D eigenvalue weighted by Crippen LogP contribution is -2.31. The van der Waals surface area contributed by atoms with E-state index in [1.807, 2.05) is 54.6 Å². The maximum absolute atomic E-state index is 12.8. The molecular weight excluding hydrogens is 582 g/mol. The van der Waals surface area contributed by atoms with Crippen molar-refractivity contribution in [2.75, 3.05) is 24.3 Å². The molecule has 0 bridgehead atoms. The number of rotatable bonds is 13. The first-order valence-corrected chi connectivity index (χ1v) is 15.3. The number of benzene rings is 3. The number of ether oxygens (including phenoxy) is 2. The third-order valence-electron chi connectivity index (χ3n) is 5.83. The Morgan fingerprint density at radius 1 is 0.929 bits per heavy atom. The number of para-hydroxylation sites is 2. The Morgan fingerprint density at radius 3 is 2.40 bits per heavy atom. The predicted molar refractivity (Wildman–Crippen MR) is 153 cm³/mol. The van der Waals surface area contributed by atoms with E-state index in [2.05, 4.69) is 25.1 Å². The zero-order chi connectivity index (χ0) is 29.4. The number of aromatic nitrogens is 4. The SMILES string of the molecule is O=C(CSc1nc(Nc2ccccc2)c2ccccc2n1)OCCCCOc1no[n+]([O-])c1S(=O)(=O)c1ccccc1. The fourth-order valence-corrected chi connectivity index (χ4v) is 5.78. The van der Waals surface area contributed by atoms with Gasteiger partial charge in [0.25, 0.3) is 9.84 Å². The van der Waals surface area contributed by atoms with Crippen LogP contribution < -0.4 is 15.0 Å². The molecule has 0 aliphatic rings. The Hall–Kier alpha value is -4.69. The van der Waals surface area contributed by atoms with Gasteiger partial charge in [0.05, 0.1) is 34.5 Å². The first-order chi connectivity index (χ1) is 20.4. The largest absolute Gasteiger partial charge is 0.465 e. The summed E-state index contributed by atoms with van der Waals surface area (Å²) in [6.07, 6.45) is 0.837. The van der Waals surface area contributed by atoms with Gasteiger partial charge in [-0.2, -0.15) is 0 Å². The van der Waals surface area contributed by atoms with Crippen molar-refractivity contribution >= 4 is 50.0 Å². The molecule has 2 aromatic heterocycles. The zero-order valence-corrected chi connectivity index (χ0v) is 23.7. The number of esters is 1. The quantitative estimate of drug-likeness (QED) is 0.0665. The second-order valence-electron chi connectivity index (χ2n) is 8.78. The van der Waals surface area contributed by atoms with Crippen LogP contribution in [-0.4, -0.2) is 48.5 Å². The molecular formula is C28H25N5O7S2. The van der Waals surface area contributed by atoms with Crippen molar-refractivity contribution in [1.29, 1.82) is 0 Å². The van der Waals surface area contributed by atoms with Crippen molar-refractivity contribution in [1.82, 2.24) is 15.1 Å². The minimum atomic E-state index is -4.19. The van der Waals surface area contributed by atoms with Gasteiger partial charge in [-0.25, -0.2) is 18.4 Å². The van der Waals surface area contributed by atoms with Gasteiger partial charge in [0.15, 0.2) is 5.16 Å². The highest BCUT2D eigenvalue weighted by atomic mass is 32.2. The number of thioether (sulfide) groups is 1. The summed E-state index contributed by atoms with van der Waals surface area (Å²) in [7, 11) is -4.19. The van der Waals surface area contributed by atoms with Gasteiger partial charge in [0.2, 0.25) is 0 Å². The zero-order valence-electron chi connectivity index (χ0n) is 22.1. The van der Waals surface area contributed by atoms with Crippen LogP contribution in [0.25, 0.3) is 10.9 Å². The summed E-state index contributed by atoms with van der Waals surface area (Å²) in [5.41, 5.74) is 1.63. The van der Waals surface area contributed by atoms with Crippen LogP contribution in [0.1, 0.15) is 12.8 Å². The lowest BCUT2D eigenvalue weighted by molar-refractivity contribution is -0.832. The maximum atomic E-state index is 12.8. The average Bonchev–Trinajstić information content (AvgIpc) is 3.39. The molecule has 0 unspecified atom stereocenters. The molecule has 0 spiro atoms. The molecule has 0 aliphatic heterocycles. The van der Waals surface area contributed by atoms with Crippen LogP contribution in [0.3, 0.4) is 0 Å². The standard InChI is InChI=1S/C28H25N5O7S2/c34-24(19-41-28-30-23-16-8-7-15-22(23)25(31-28)29-20-11-3-1-4-12-20)38-17-9-10-18-39-26-27(33(35)40-32-26)42(36,37)21-13-5-2-6-14-21/h1-8,11-16H,9-10,17-19H2,(H,29,30,31). The summed E-state index contributed by atoms with van der Waals surface area (Å²) in [6.45, 7) is 0.149.